The Labute approximate surface area is 103 Å². The first-order chi connectivity index (χ1) is 8.29. The molecule has 2 aromatic heterocycles. The van der Waals surface area contributed by atoms with Crippen LogP contribution in [-0.2, 0) is 13.2 Å². The third-order valence-electron chi connectivity index (χ3n) is 2.19. The van der Waals surface area contributed by atoms with Crippen LogP contribution in [0.25, 0.3) is 11.3 Å². The van der Waals surface area contributed by atoms with Gasteiger partial charge in [0.15, 0.2) is 0 Å². The summed E-state index contributed by atoms with van der Waals surface area (Å²) in [7, 11) is 1.57. The zero-order valence-electron chi connectivity index (χ0n) is 9.02. The quantitative estimate of drug-likeness (QED) is 0.917. The molecule has 0 radical (unpaired) electrons. The highest BCUT2D eigenvalue weighted by Gasteiger charge is 2.37. The molecular formula is C10H7F3N2O2S. The summed E-state index contributed by atoms with van der Waals surface area (Å²) in [5, 5.41) is 12.6. The first-order valence-corrected chi connectivity index (χ1v) is 5.55. The zero-order chi connectivity index (χ0) is 13.5. The standard InChI is InChI=1S/C10H7F3N2O2S/c1-15-3-2-6(14-15)5-4-7(9(16)17)18-8(5)10(11,12)13/h2-4H,1H3,(H,16,17). The van der Waals surface area contributed by atoms with Gasteiger partial charge >= 0.3 is 12.1 Å². The molecule has 0 aliphatic rings. The number of aromatic nitrogens is 2. The highest BCUT2D eigenvalue weighted by atomic mass is 32.1. The summed E-state index contributed by atoms with van der Waals surface area (Å²) in [6.07, 6.45) is -3.10. The normalized spacial score (nSPS) is 11.8. The highest BCUT2D eigenvalue weighted by Crippen LogP contribution is 2.42. The maximum absolute atomic E-state index is 12.8. The van der Waals surface area contributed by atoms with Gasteiger partial charge in [0.2, 0.25) is 0 Å². The Bertz CT molecular complexity index is 601. The molecule has 4 nitrogen and oxygen atoms in total. The third-order valence-corrected chi connectivity index (χ3v) is 3.36. The van der Waals surface area contributed by atoms with Crippen molar-refractivity contribution in [2.75, 3.05) is 0 Å². The molecule has 0 aliphatic heterocycles. The number of nitrogens with zero attached hydrogens (tertiary/aromatic N) is 2. The first kappa shape index (κ1) is 12.6. The molecule has 96 valence electrons. The number of thiophene rings is 1. The minimum Gasteiger partial charge on any atom is -0.477 e. The van der Waals surface area contributed by atoms with E-state index in [0.29, 0.717) is 0 Å². The predicted octanol–water partition coefficient (Wildman–Crippen LogP) is 2.87. The Hall–Kier alpha value is -1.83. The second kappa shape index (κ2) is 4.13. The number of carbonyl (C=O) groups is 1. The van der Waals surface area contributed by atoms with E-state index in [1.54, 1.807) is 7.05 Å². The molecule has 0 amide bonds. The maximum Gasteiger partial charge on any atom is 0.426 e. The number of halogens is 3. The van der Waals surface area contributed by atoms with Crippen LogP contribution < -0.4 is 0 Å². The molecule has 0 unspecified atom stereocenters. The summed E-state index contributed by atoms with van der Waals surface area (Å²) in [6, 6.07) is 2.40. The van der Waals surface area contributed by atoms with Crippen LogP contribution in [0.3, 0.4) is 0 Å². The average molecular weight is 276 g/mol. The maximum atomic E-state index is 12.8. The largest absolute Gasteiger partial charge is 0.477 e. The highest BCUT2D eigenvalue weighted by molar-refractivity contribution is 7.14. The third kappa shape index (κ3) is 2.23. The molecule has 2 heterocycles. The molecular weight excluding hydrogens is 269 g/mol. The van der Waals surface area contributed by atoms with Crippen molar-refractivity contribution < 1.29 is 23.1 Å². The number of aryl methyl sites for hydroxylation is 1. The molecule has 2 aromatic rings. The Morgan fingerprint density at radius 1 is 1.50 bits per heavy atom. The SMILES string of the molecule is Cn1ccc(-c2cc(C(=O)O)sc2C(F)(F)F)n1. The summed E-state index contributed by atoms with van der Waals surface area (Å²) >= 11 is 0.205. The molecule has 0 saturated heterocycles. The Morgan fingerprint density at radius 2 is 2.17 bits per heavy atom. The summed E-state index contributed by atoms with van der Waals surface area (Å²) in [5.74, 6) is -1.38. The van der Waals surface area contributed by atoms with Gasteiger partial charge in [-0.05, 0) is 12.1 Å². The van der Waals surface area contributed by atoms with Gasteiger partial charge in [-0.25, -0.2) is 4.79 Å². The number of hydrogen-bond acceptors (Lipinski definition) is 3. The molecule has 0 aromatic carbocycles. The molecule has 1 N–H and O–H groups in total. The minimum absolute atomic E-state index is 0.105. The zero-order valence-corrected chi connectivity index (χ0v) is 9.84. The van der Waals surface area contributed by atoms with Gasteiger partial charge in [-0.2, -0.15) is 18.3 Å². The van der Waals surface area contributed by atoms with Crippen LogP contribution in [0.1, 0.15) is 14.5 Å². The van der Waals surface area contributed by atoms with E-state index >= 15 is 0 Å². The van der Waals surface area contributed by atoms with E-state index in [4.69, 9.17) is 5.11 Å². The number of carboxylic acids is 1. The van der Waals surface area contributed by atoms with Gasteiger partial charge in [-0.1, -0.05) is 0 Å². The van der Waals surface area contributed by atoms with Gasteiger partial charge in [0.05, 0.1) is 5.69 Å². The predicted molar refractivity (Wildman–Crippen MR) is 58.5 cm³/mol. The van der Waals surface area contributed by atoms with Crippen LogP contribution in [-0.4, -0.2) is 20.9 Å². The molecule has 0 aliphatic carbocycles. The van der Waals surface area contributed by atoms with Crippen molar-refractivity contribution >= 4 is 17.3 Å². The fourth-order valence-corrected chi connectivity index (χ4v) is 2.33. The van der Waals surface area contributed by atoms with Gasteiger partial charge < -0.3 is 5.11 Å². The number of hydrogen-bond donors (Lipinski definition) is 1. The van der Waals surface area contributed by atoms with Crippen molar-refractivity contribution in [1.82, 2.24) is 9.78 Å². The Balaban J connectivity index is 2.61. The smallest absolute Gasteiger partial charge is 0.426 e. The van der Waals surface area contributed by atoms with Crippen molar-refractivity contribution in [1.29, 1.82) is 0 Å². The second-order valence-electron chi connectivity index (χ2n) is 3.53. The lowest BCUT2D eigenvalue weighted by molar-refractivity contribution is -0.133. The van der Waals surface area contributed by atoms with Crippen LogP contribution in [0.15, 0.2) is 18.3 Å². The molecule has 0 bridgehead atoms. The fourth-order valence-electron chi connectivity index (χ4n) is 1.46. The summed E-state index contributed by atoms with van der Waals surface area (Å²) < 4.78 is 39.8. The lowest BCUT2D eigenvalue weighted by atomic mass is 10.2. The molecule has 8 heteroatoms. The Kier molecular flexibility index (Phi) is 2.89. The molecule has 0 fully saturated rings. The summed E-state index contributed by atoms with van der Waals surface area (Å²) in [4.78, 5) is 9.44. The average Bonchev–Trinajstić information content (AvgIpc) is 2.81. The summed E-state index contributed by atoms with van der Waals surface area (Å²) in [5.41, 5.74) is -0.0981. The van der Waals surface area contributed by atoms with Crippen LogP contribution in [0.2, 0.25) is 0 Å². The van der Waals surface area contributed by atoms with E-state index in [0.717, 1.165) is 6.07 Å². The van der Waals surface area contributed by atoms with Crippen molar-refractivity contribution in [2.45, 2.75) is 6.18 Å². The van der Waals surface area contributed by atoms with Crippen molar-refractivity contribution in [3.63, 3.8) is 0 Å². The minimum atomic E-state index is -4.59. The van der Waals surface area contributed by atoms with Gasteiger partial charge in [-0.15, -0.1) is 11.3 Å². The van der Waals surface area contributed by atoms with Crippen molar-refractivity contribution in [2.24, 2.45) is 7.05 Å². The molecule has 2 rings (SSSR count). The van der Waals surface area contributed by atoms with E-state index in [1.807, 2.05) is 0 Å². The monoisotopic (exact) mass is 276 g/mol. The fraction of sp³-hybridized carbons (Fsp3) is 0.200. The number of aromatic carboxylic acids is 1. The van der Waals surface area contributed by atoms with E-state index in [-0.39, 0.29) is 27.5 Å². The van der Waals surface area contributed by atoms with Crippen LogP contribution in [0, 0.1) is 0 Å². The summed E-state index contributed by atoms with van der Waals surface area (Å²) in [6.45, 7) is 0. The molecule has 18 heavy (non-hydrogen) atoms. The number of rotatable bonds is 2. The van der Waals surface area contributed by atoms with Gasteiger partial charge in [0.25, 0.3) is 0 Å². The van der Waals surface area contributed by atoms with Crippen molar-refractivity contribution in [3.8, 4) is 11.3 Å². The number of alkyl halides is 3. The van der Waals surface area contributed by atoms with Crippen molar-refractivity contribution in [3.05, 3.63) is 28.1 Å². The molecule has 0 saturated carbocycles. The van der Waals surface area contributed by atoms with Crippen LogP contribution in [0.5, 0.6) is 0 Å². The number of carboxylic acid groups (broad SMARTS) is 1. The molecule has 0 spiro atoms. The van der Waals surface area contributed by atoms with Gasteiger partial charge in [0.1, 0.15) is 9.75 Å². The van der Waals surface area contributed by atoms with Crippen LogP contribution >= 0.6 is 11.3 Å². The second-order valence-corrected chi connectivity index (χ2v) is 4.58. The van der Waals surface area contributed by atoms with E-state index in [9.17, 15) is 18.0 Å². The van der Waals surface area contributed by atoms with E-state index in [2.05, 4.69) is 5.10 Å². The van der Waals surface area contributed by atoms with Gasteiger partial charge in [-0.3, -0.25) is 4.68 Å². The lowest BCUT2D eigenvalue weighted by Crippen LogP contribution is -2.03. The molecule has 0 atom stereocenters. The van der Waals surface area contributed by atoms with E-state index < -0.39 is 17.0 Å². The first-order valence-electron chi connectivity index (χ1n) is 4.73. The van der Waals surface area contributed by atoms with Crippen LogP contribution in [0.4, 0.5) is 13.2 Å². The topological polar surface area (TPSA) is 55.1 Å². The lowest BCUT2D eigenvalue weighted by Gasteiger charge is -2.05. The Morgan fingerprint density at radius 3 is 2.61 bits per heavy atom. The van der Waals surface area contributed by atoms with Gasteiger partial charge in [0, 0.05) is 18.8 Å². The van der Waals surface area contributed by atoms with E-state index in [1.165, 1.54) is 16.9 Å².